The summed E-state index contributed by atoms with van der Waals surface area (Å²) in [5.74, 6) is -1.03. The molecule has 1 aromatic rings. The SMILES string of the molecule is OC1=CCC(O)(c2cc(O)cc(O)c2)C(O)=C1. The summed E-state index contributed by atoms with van der Waals surface area (Å²) in [4.78, 5) is 0. The molecule has 1 aromatic carbocycles. The number of rotatable bonds is 1. The molecule has 0 heterocycles. The Morgan fingerprint density at radius 2 is 1.53 bits per heavy atom. The van der Waals surface area contributed by atoms with E-state index in [-0.39, 0.29) is 29.2 Å². The van der Waals surface area contributed by atoms with E-state index in [0.29, 0.717) is 0 Å². The zero-order valence-corrected chi connectivity index (χ0v) is 8.83. The number of benzene rings is 1. The van der Waals surface area contributed by atoms with Crippen LogP contribution in [-0.4, -0.2) is 25.5 Å². The van der Waals surface area contributed by atoms with Gasteiger partial charge in [0.05, 0.1) is 0 Å². The smallest absolute Gasteiger partial charge is 0.150 e. The summed E-state index contributed by atoms with van der Waals surface area (Å²) in [5, 5.41) is 47.8. The third-order valence-corrected chi connectivity index (χ3v) is 2.70. The number of phenols is 2. The van der Waals surface area contributed by atoms with Crippen LogP contribution >= 0.6 is 0 Å². The fourth-order valence-corrected chi connectivity index (χ4v) is 1.77. The normalized spacial score (nSPS) is 24.1. The molecule has 5 N–H and O–H groups in total. The van der Waals surface area contributed by atoms with Crippen molar-refractivity contribution in [3.05, 3.63) is 47.4 Å². The summed E-state index contributed by atoms with van der Waals surface area (Å²) in [6.07, 6.45) is 2.30. The molecule has 0 aromatic heterocycles. The Kier molecular flexibility index (Phi) is 2.48. The molecule has 5 nitrogen and oxygen atoms in total. The van der Waals surface area contributed by atoms with E-state index in [9.17, 15) is 25.5 Å². The zero-order valence-electron chi connectivity index (χ0n) is 8.83. The Bertz CT molecular complexity index is 497. The second-order valence-corrected chi connectivity index (χ2v) is 3.96. The van der Waals surface area contributed by atoms with Gasteiger partial charge in [-0.3, -0.25) is 0 Å². The van der Waals surface area contributed by atoms with Gasteiger partial charge in [0.25, 0.3) is 0 Å². The molecule has 2 rings (SSSR count). The van der Waals surface area contributed by atoms with Crippen LogP contribution in [0.5, 0.6) is 11.5 Å². The average Bonchev–Trinajstić information content (AvgIpc) is 2.22. The Morgan fingerprint density at radius 1 is 0.941 bits per heavy atom. The molecule has 0 bridgehead atoms. The lowest BCUT2D eigenvalue weighted by Crippen LogP contribution is -2.29. The van der Waals surface area contributed by atoms with Gasteiger partial charge in [0.1, 0.15) is 23.0 Å². The summed E-state index contributed by atoms with van der Waals surface area (Å²) in [7, 11) is 0. The number of aliphatic hydroxyl groups is 3. The van der Waals surface area contributed by atoms with Gasteiger partial charge < -0.3 is 25.5 Å². The van der Waals surface area contributed by atoms with Gasteiger partial charge in [0.2, 0.25) is 0 Å². The molecular weight excluding hydrogens is 224 g/mol. The lowest BCUT2D eigenvalue weighted by atomic mass is 9.85. The lowest BCUT2D eigenvalue weighted by molar-refractivity contribution is 0.0302. The minimum atomic E-state index is -1.75. The molecule has 0 radical (unpaired) electrons. The van der Waals surface area contributed by atoms with Crippen LogP contribution in [0.2, 0.25) is 0 Å². The van der Waals surface area contributed by atoms with Crippen molar-refractivity contribution in [3.63, 3.8) is 0 Å². The molecule has 5 heteroatoms. The quantitative estimate of drug-likeness (QED) is 0.509. The van der Waals surface area contributed by atoms with Crippen LogP contribution in [0.15, 0.2) is 41.9 Å². The number of aromatic hydroxyl groups is 2. The van der Waals surface area contributed by atoms with E-state index >= 15 is 0 Å². The standard InChI is InChI=1S/C12H12O5/c13-8-1-2-12(17,11(16)6-8)7-3-9(14)5-10(15)4-7/h1,3-6,13-17H,2H2. The summed E-state index contributed by atoms with van der Waals surface area (Å²) in [6.45, 7) is 0. The number of allylic oxidation sites excluding steroid dienone is 1. The van der Waals surface area contributed by atoms with E-state index in [4.69, 9.17) is 0 Å². The minimum Gasteiger partial charge on any atom is -0.509 e. The van der Waals surface area contributed by atoms with E-state index in [0.717, 1.165) is 12.1 Å². The van der Waals surface area contributed by atoms with Crippen LogP contribution in [0, 0.1) is 0 Å². The molecule has 0 spiro atoms. The average molecular weight is 236 g/mol. The number of phenolic OH excluding ortho intramolecular Hbond substituents is 2. The highest BCUT2D eigenvalue weighted by molar-refractivity contribution is 5.44. The zero-order chi connectivity index (χ0) is 12.6. The van der Waals surface area contributed by atoms with Gasteiger partial charge in [-0.25, -0.2) is 0 Å². The van der Waals surface area contributed by atoms with Gasteiger partial charge in [0.15, 0.2) is 5.60 Å². The fraction of sp³-hybridized carbons (Fsp3) is 0.167. The van der Waals surface area contributed by atoms with Gasteiger partial charge in [-0.15, -0.1) is 0 Å². The fourth-order valence-electron chi connectivity index (χ4n) is 1.77. The molecule has 1 unspecified atom stereocenters. The monoisotopic (exact) mass is 236 g/mol. The molecule has 0 saturated carbocycles. The van der Waals surface area contributed by atoms with Crippen LogP contribution in [0.4, 0.5) is 0 Å². The maximum absolute atomic E-state index is 10.3. The van der Waals surface area contributed by atoms with E-state index in [1.54, 1.807) is 0 Å². The maximum Gasteiger partial charge on any atom is 0.150 e. The Hall–Kier alpha value is -2.14. The summed E-state index contributed by atoms with van der Waals surface area (Å²) < 4.78 is 0. The van der Waals surface area contributed by atoms with Crippen molar-refractivity contribution in [2.24, 2.45) is 0 Å². The van der Waals surface area contributed by atoms with Crippen LogP contribution < -0.4 is 0 Å². The molecule has 0 aliphatic heterocycles. The Morgan fingerprint density at radius 3 is 2.06 bits per heavy atom. The summed E-state index contributed by atoms with van der Waals surface area (Å²) in [5.41, 5.74) is -1.60. The van der Waals surface area contributed by atoms with Gasteiger partial charge in [-0.1, -0.05) is 0 Å². The van der Waals surface area contributed by atoms with Crippen LogP contribution in [0.3, 0.4) is 0 Å². The number of aliphatic hydroxyl groups excluding tert-OH is 2. The van der Waals surface area contributed by atoms with Crippen molar-refractivity contribution >= 4 is 0 Å². The Balaban J connectivity index is 2.50. The van der Waals surface area contributed by atoms with E-state index in [2.05, 4.69) is 0 Å². The van der Waals surface area contributed by atoms with Gasteiger partial charge in [-0.05, 0) is 23.8 Å². The molecule has 1 atom stereocenters. The molecule has 0 amide bonds. The highest BCUT2D eigenvalue weighted by Crippen LogP contribution is 2.38. The predicted octanol–water partition coefficient (Wildman–Crippen LogP) is 1.57. The van der Waals surface area contributed by atoms with Gasteiger partial charge in [0, 0.05) is 18.6 Å². The highest BCUT2D eigenvalue weighted by atomic mass is 16.3. The maximum atomic E-state index is 10.3. The first-order chi connectivity index (χ1) is 7.91. The second kappa shape index (κ2) is 3.71. The topological polar surface area (TPSA) is 101 Å². The van der Waals surface area contributed by atoms with Gasteiger partial charge in [-0.2, -0.15) is 0 Å². The molecule has 17 heavy (non-hydrogen) atoms. The lowest BCUT2D eigenvalue weighted by Gasteiger charge is -2.29. The van der Waals surface area contributed by atoms with Crippen molar-refractivity contribution < 1.29 is 25.5 Å². The van der Waals surface area contributed by atoms with E-state index < -0.39 is 11.4 Å². The first-order valence-corrected chi connectivity index (χ1v) is 4.98. The van der Waals surface area contributed by atoms with Crippen molar-refractivity contribution in [1.29, 1.82) is 0 Å². The molecule has 1 aliphatic rings. The van der Waals surface area contributed by atoms with Crippen molar-refractivity contribution in [3.8, 4) is 11.5 Å². The number of hydrogen-bond acceptors (Lipinski definition) is 5. The molecule has 0 fully saturated rings. The summed E-state index contributed by atoms with van der Waals surface area (Å²) in [6, 6.07) is 3.59. The van der Waals surface area contributed by atoms with Crippen LogP contribution in [0.25, 0.3) is 0 Å². The number of hydrogen-bond donors (Lipinski definition) is 5. The van der Waals surface area contributed by atoms with Crippen LogP contribution in [-0.2, 0) is 5.60 Å². The molecule has 1 aliphatic carbocycles. The van der Waals surface area contributed by atoms with Crippen LogP contribution in [0.1, 0.15) is 12.0 Å². The second-order valence-electron chi connectivity index (χ2n) is 3.96. The largest absolute Gasteiger partial charge is 0.509 e. The molecular formula is C12H12O5. The molecule has 0 saturated heterocycles. The predicted molar refractivity (Wildman–Crippen MR) is 59.7 cm³/mol. The minimum absolute atomic E-state index is 0.0515. The first kappa shape index (κ1) is 11.3. The molecule has 90 valence electrons. The van der Waals surface area contributed by atoms with Crippen molar-refractivity contribution in [2.75, 3.05) is 0 Å². The Labute approximate surface area is 97.2 Å². The van der Waals surface area contributed by atoms with E-state index in [1.165, 1.54) is 18.2 Å². The highest BCUT2D eigenvalue weighted by Gasteiger charge is 2.36. The third kappa shape index (κ3) is 1.92. The van der Waals surface area contributed by atoms with Crippen molar-refractivity contribution in [2.45, 2.75) is 12.0 Å². The third-order valence-electron chi connectivity index (χ3n) is 2.70. The van der Waals surface area contributed by atoms with Gasteiger partial charge >= 0.3 is 0 Å². The van der Waals surface area contributed by atoms with E-state index in [1.807, 2.05) is 0 Å². The first-order valence-electron chi connectivity index (χ1n) is 4.98. The summed E-state index contributed by atoms with van der Waals surface area (Å²) >= 11 is 0. The van der Waals surface area contributed by atoms with Crippen molar-refractivity contribution in [1.82, 2.24) is 0 Å².